The number of rotatable bonds is 5. The summed E-state index contributed by atoms with van der Waals surface area (Å²) in [7, 11) is -3.71. The summed E-state index contributed by atoms with van der Waals surface area (Å²) in [5.74, 6) is -0.103. The predicted molar refractivity (Wildman–Crippen MR) is 106 cm³/mol. The summed E-state index contributed by atoms with van der Waals surface area (Å²) in [6, 6.07) is 13.2. The van der Waals surface area contributed by atoms with Crippen LogP contribution in [0.2, 0.25) is 0 Å². The van der Waals surface area contributed by atoms with Crippen LogP contribution in [0.15, 0.2) is 53.4 Å². The summed E-state index contributed by atoms with van der Waals surface area (Å²) in [6.07, 6.45) is 0. The van der Waals surface area contributed by atoms with Crippen molar-refractivity contribution in [3.63, 3.8) is 0 Å². The van der Waals surface area contributed by atoms with Gasteiger partial charge in [-0.25, -0.2) is 8.42 Å². The number of hydrogen-bond donors (Lipinski definition) is 1. The number of hydrogen-bond acceptors (Lipinski definition) is 5. The number of sulfonamides is 1. The molecule has 0 bridgehead atoms. The first-order valence-electron chi connectivity index (χ1n) is 8.78. The van der Waals surface area contributed by atoms with Gasteiger partial charge in [0.1, 0.15) is 0 Å². The summed E-state index contributed by atoms with van der Waals surface area (Å²) in [5, 5.41) is 0. The van der Waals surface area contributed by atoms with E-state index in [-0.39, 0.29) is 16.2 Å². The van der Waals surface area contributed by atoms with E-state index in [4.69, 9.17) is 4.74 Å². The Morgan fingerprint density at radius 3 is 2.26 bits per heavy atom. The SMILES string of the molecule is CC(=O)c1ccc(S(=O)(=O)Nc2ccc(N3CCOCC3(C)C)cc2)cc1. The van der Waals surface area contributed by atoms with Crippen molar-refractivity contribution >= 4 is 27.2 Å². The molecule has 7 heteroatoms. The molecule has 27 heavy (non-hydrogen) atoms. The van der Waals surface area contributed by atoms with Crippen molar-refractivity contribution in [3.8, 4) is 0 Å². The molecule has 1 N–H and O–H groups in total. The fraction of sp³-hybridized carbons (Fsp3) is 0.350. The Balaban J connectivity index is 1.76. The van der Waals surface area contributed by atoms with Gasteiger partial charge in [-0.15, -0.1) is 0 Å². The first-order chi connectivity index (χ1) is 12.7. The first-order valence-corrected chi connectivity index (χ1v) is 10.3. The van der Waals surface area contributed by atoms with E-state index in [1.807, 2.05) is 12.1 Å². The first kappa shape index (κ1) is 19.4. The third kappa shape index (κ3) is 4.31. The Morgan fingerprint density at radius 1 is 1.07 bits per heavy atom. The highest BCUT2D eigenvalue weighted by molar-refractivity contribution is 7.92. The minimum atomic E-state index is -3.71. The van der Waals surface area contributed by atoms with E-state index in [0.29, 0.717) is 24.5 Å². The molecule has 0 amide bonds. The standard InChI is InChI=1S/C20H24N2O4S/c1-15(23)16-4-10-19(11-5-16)27(24,25)21-17-6-8-18(9-7-17)22-12-13-26-14-20(22,2)3/h4-11,21H,12-14H2,1-3H3. The molecule has 1 saturated heterocycles. The van der Waals surface area contributed by atoms with Crippen LogP contribution in [0.5, 0.6) is 0 Å². The number of benzene rings is 2. The average molecular weight is 388 g/mol. The monoisotopic (exact) mass is 388 g/mol. The summed E-state index contributed by atoms with van der Waals surface area (Å²) in [4.78, 5) is 13.7. The molecule has 0 spiro atoms. The smallest absolute Gasteiger partial charge is 0.261 e. The molecule has 3 rings (SSSR count). The zero-order valence-corrected chi connectivity index (χ0v) is 16.5. The third-order valence-corrected chi connectivity index (χ3v) is 6.04. The predicted octanol–water partition coefficient (Wildman–Crippen LogP) is 3.31. The molecule has 0 atom stereocenters. The van der Waals surface area contributed by atoms with Crippen LogP contribution in [0.3, 0.4) is 0 Å². The van der Waals surface area contributed by atoms with Gasteiger partial charge in [0.25, 0.3) is 10.0 Å². The molecule has 1 aliphatic heterocycles. The van der Waals surface area contributed by atoms with E-state index < -0.39 is 10.0 Å². The van der Waals surface area contributed by atoms with Crippen LogP contribution in [-0.4, -0.2) is 39.5 Å². The Morgan fingerprint density at radius 2 is 1.70 bits per heavy atom. The van der Waals surface area contributed by atoms with Crippen LogP contribution in [0, 0.1) is 0 Å². The zero-order chi connectivity index (χ0) is 19.7. The van der Waals surface area contributed by atoms with Crippen molar-refractivity contribution in [1.29, 1.82) is 0 Å². The lowest BCUT2D eigenvalue weighted by Crippen LogP contribution is -2.53. The van der Waals surface area contributed by atoms with Gasteiger partial charge in [-0.05, 0) is 57.2 Å². The molecule has 0 radical (unpaired) electrons. The van der Waals surface area contributed by atoms with Gasteiger partial charge in [0.2, 0.25) is 0 Å². The van der Waals surface area contributed by atoms with E-state index in [9.17, 15) is 13.2 Å². The lowest BCUT2D eigenvalue weighted by molar-refractivity contribution is 0.0644. The van der Waals surface area contributed by atoms with Crippen LogP contribution in [0.25, 0.3) is 0 Å². The lowest BCUT2D eigenvalue weighted by Gasteiger charge is -2.43. The molecule has 0 aromatic heterocycles. The molecule has 1 heterocycles. The van der Waals surface area contributed by atoms with Crippen molar-refractivity contribution < 1.29 is 17.9 Å². The fourth-order valence-corrected chi connectivity index (χ4v) is 4.19. The second-order valence-electron chi connectivity index (χ2n) is 7.25. The molecule has 2 aromatic rings. The molecular weight excluding hydrogens is 364 g/mol. The highest BCUT2D eigenvalue weighted by atomic mass is 32.2. The van der Waals surface area contributed by atoms with Crippen LogP contribution >= 0.6 is 0 Å². The van der Waals surface area contributed by atoms with Gasteiger partial charge in [-0.1, -0.05) is 12.1 Å². The third-order valence-electron chi connectivity index (χ3n) is 4.65. The molecular formula is C20H24N2O4S. The number of ether oxygens (including phenoxy) is 1. The van der Waals surface area contributed by atoms with Crippen molar-refractivity contribution in [2.75, 3.05) is 29.4 Å². The van der Waals surface area contributed by atoms with E-state index in [0.717, 1.165) is 12.2 Å². The number of carbonyl (C=O) groups excluding carboxylic acids is 1. The normalized spacial score (nSPS) is 16.8. The van der Waals surface area contributed by atoms with Gasteiger partial charge >= 0.3 is 0 Å². The summed E-state index contributed by atoms with van der Waals surface area (Å²) < 4.78 is 33.2. The highest BCUT2D eigenvalue weighted by Gasteiger charge is 2.30. The summed E-state index contributed by atoms with van der Waals surface area (Å²) in [6.45, 7) is 7.80. The molecule has 0 saturated carbocycles. The van der Waals surface area contributed by atoms with Crippen molar-refractivity contribution in [1.82, 2.24) is 0 Å². The Kier molecular flexibility index (Phi) is 5.26. The Labute approximate surface area is 160 Å². The molecule has 6 nitrogen and oxygen atoms in total. The van der Waals surface area contributed by atoms with Crippen molar-refractivity contribution in [2.45, 2.75) is 31.2 Å². The maximum atomic E-state index is 12.5. The van der Waals surface area contributed by atoms with Gasteiger partial charge in [0.15, 0.2) is 5.78 Å². The van der Waals surface area contributed by atoms with Crippen LogP contribution < -0.4 is 9.62 Å². The fourth-order valence-electron chi connectivity index (χ4n) is 3.13. The van der Waals surface area contributed by atoms with Crippen LogP contribution in [0.4, 0.5) is 11.4 Å². The van der Waals surface area contributed by atoms with Gasteiger partial charge in [0, 0.05) is 23.5 Å². The van der Waals surface area contributed by atoms with E-state index in [2.05, 4.69) is 23.5 Å². The van der Waals surface area contributed by atoms with Gasteiger partial charge in [0.05, 0.1) is 23.6 Å². The number of Topliss-reactive ketones (excluding diaryl/α,β-unsaturated/α-hetero) is 1. The van der Waals surface area contributed by atoms with E-state index in [1.165, 1.54) is 31.2 Å². The maximum Gasteiger partial charge on any atom is 0.261 e. The topological polar surface area (TPSA) is 75.7 Å². The molecule has 1 aliphatic rings. The number of carbonyl (C=O) groups is 1. The summed E-state index contributed by atoms with van der Waals surface area (Å²) in [5.41, 5.74) is 1.88. The summed E-state index contributed by atoms with van der Waals surface area (Å²) >= 11 is 0. The minimum absolute atomic E-state index is 0.103. The van der Waals surface area contributed by atoms with Gasteiger partial charge < -0.3 is 9.64 Å². The lowest BCUT2D eigenvalue weighted by atomic mass is 10.0. The number of ketones is 1. The molecule has 144 valence electrons. The van der Waals surface area contributed by atoms with Crippen LogP contribution in [0.1, 0.15) is 31.1 Å². The minimum Gasteiger partial charge on any atom is -0.377 e. The zero-order valence-electron chi connectivity index (χ0n) is 15.7. The molecule has 1 fully saturated rings. The second-order valence-corrected chi connectivity index (χ2v) is 8.93. The molecule has 2 aromatic carbocycles. The van der Waals surface area contributed by atoms with E-state index >= 15 is 0 Å². The quantitative estimate of drug-likeness (QED) is 0.796. The van der Waals surface area contributed by atoms with Crippen molar-refractivity contribution in [2.24, 2.45) is 0 Å². The number of nitrogens with one attached hydrogen (secondary N) is 1. The van der Waals surface area contributed by atoms with E-state index in [1.54, 1.807) is 12.1 Å². The molecule has 0 aliphatic carbocycles. The number of morpholine rings is 1. The maximum absolute atomic E-state index is 12.5. The molecule has 0 unspecified atom stereocenters. The van der Waals surface area contributed by atoms with Gasteiger partial charge in [-0.3, -0.25) is 9.52 Å². The van der Waals surface area contributed by atoms with Gasteiger partial charge in [-0.2, -0.15) is 0 Å². The second kappa shape index (κ2) is 7.32. The van der Waals surface area contributed by atoms with Crippen molar-refractivity contribution in [3.05, 3.63) is 54.1 Å². The number of nitrogens with zero attached hydrogens (tertiary/aromatic N) is 1. The Bertz CT molecular complexity index is 919. The Hall–Kier alpha value is -2.38. The average Bonchev–Trinajstić information content (AvgIpc) is 2.62. The van der Waals surface area contributed by atoms with Crippen LogP contribution in [-0.2, 0) is 14.8 Å². The highest BCUT2D eigenvalue weighted by Crippen LogP contribution is 2.28. The number of anilines is 2. The largest absolute Gasteiger partial charge is 0.377 e.